The fraction of sp³-hybridized carbons (Fsp3) is 0.655. The number of aryl methyl sites for hydroxylation is 1. The van der Waals surface area contributed by atoms with Crippen LogP contribution in [0, 0.1) is 0 Å². The summed E-state index contributed by atoms with van der Waals surface area (Å²) in [5, 5.41) is 0.763. The van der Waals surface area contributed by atoms with E-state index in [0.29, 0.717) is 25.5 Å². The van der Waals surface area contributed by atoms with Crippen molar-refractivity contribution < 1.29 is 19.0 Å². The van der Waals surface area contributed by atoms with Gasteiger partial charge in [0.1, 0.15) is 5.75 Å². The smallest absolute Gasteiger partial charge is 0.308 e. The highest BCUT2D eigenvalue weighted by molar-refractivity contribution is 5.90. The Kier molecular flexibility index (Phi) is 13.3. The van der Waals surface area contributed by atoms with Crippen molar-refractivity contribution in [3.8, 4) is 17.2 Å². The minimum absolute atomic E-state index is 0.0163. The summed E-state index contributed by atoms with van der Waals surface area (Å²) in [6.07, 6.45) is 13.2. The van der Waals surface area contributed by atoms with Crippen LogP contribution in [0.2, 0.25) is 0 Å². The van der Waals surface area contributed by atoms with Crippen LogP contribution >= 0.6 is 0 Å². The van der Waals surface area contributed by atoms with Crippen LogP contribution in [0.15, 0.2) is 23.0 Å². The van der Waals surface area contributed by atoms with Gasteiger partial charge in [-0.2, -0.15) is 0 Å². The average Bonchev–Trinajstić information content (AvgIpc) is 2.84. The molecular weight excluding hydrogens is 442 g/mol. The Bertz CT molecular complexity index is 966. The van der Waals surface area contributed by atoms with Crippen molar-refractivity contribution in [1.29, 1.82) is 0 Å². The quantitative estimate of drug-likeness (QED) is 0.162. The summed E-state index contributed by atoms with van der Waals surface area (Å²) in [7, 11) is 0. The maximum atomic E-state index is 13.5. The predicted molar refractivity (Wildman–Crippen MR) is 143 cm³/mol. The molecule has 0 aliphatic carbocycles. The maximum absolute atomic E-state index is 13.5. The minimum Gasteiger partial charge on any atom is -0.494 e. The molecule has 1 aromatic carbocycles. The van der Waals surface area contributed by atoms with Crippen molar-refractivity contribution in [2.75, 3.05) is 13.2 Å². The first kappa shape index (κ1) is 28.7. The number of aromatic nitrogens is 1. The van der Waals surface area contributed by atoms with Gasteiger partial charge in [-0.3, -0.25) is 9.59 Å². The van der Waals surface area contributed by atoms with E-state index in [1.54, 1.807) is 4.57 Å². The molecule has 6 nitrogen and oxygen atoms in total. The number of unbranched alkanes of at least 4 members (excludes halogenated alkanes) is 9. The molecule has 2 rings (SSSR count). The summed E-state index contributed by atoms with van der Waals surface area (Å²) in [5.74, 6) is 0.545. The van der Waals surface area contributed by atoms with Crippen LogP contribution in [-0.4, -0.2) is 23.8 Å². The van der Waals surface area contributed by atoms with E-state index < -0.39 is 5.97 Å². The van der Waals surface area contributed by atoms with Gasteiger partial charge in [-0.1, -0.05) is 78.6 Å². The Balaban J connectivity index is 2.37. The highest BCUT2D eigenvalue weighted by Crippen LogP contribution is 2.35. The number of ether oxygens (including phenoxy) is 3. The lowest BCUT2D eigenvalue weighted by Crippen LogP contribution is -2.25. The Labute approximate surface area is 211 Å². The molecule has 0 aliphatic heterocycles. The fourth-order valence-electron chi connectivity index (χ4n) is 4.15. The molecule has 1 aromatic heterocycles. The second-order valence-corrected chi connectivity index (χ2v) is 9.27. The standard InChI is InChI=1S/C29H45NO5/c1-5-8-11-13-14-16-21-33-24-17-18-25-26(22-24)30(19-15-12-9-6-2)29(32)28(35-23(4)31)27(25)34-20-10-7-3/h17-18,22H,5-16,19-21H2,1-4H3. The monoisotopic (exact) mass is 487 g/mol. The van der Waals surface area contributed by atoms with E-state index in [1.807, 2.05) is 18.2 Å². The number of nitrogens with zero attached hydrogens (tertiary/aromatic N) is 1. The van der Waals surface area contributed by atoms with Crippen molar-refractivity contribution in [2.45, 2.75) is 111 Å². The van der Waals surface area contributed by atoms with Gasteiger partial charge in [0, 0.05) is 24.9 Å². The lowest BCUT2D eigenvalue weighted by atomic mass is 10.1. The van der Waals surface area contributed by atoms with E-state index in [1.165, 1.54) is 32.6 Å². The van der Waals surface area contributed by atoms with Crippen LogP contribution < -0.4 is 19.8 Å². The molecule has 35 heavy (non-hydrogen) atoms. The Morgan fingerprint density at radius 3 is 2.09 bits per heavy atom. The Morgan fingerprint density at radius 2 is 1.40 bits per heavy atom. The second-order valence-electron chi connectivity index (χ2n) is 9.27. The van der Waals surface area contributed by atoms with E-state index in [4.69, 9.17) is 14.2 Å². The number of carbonyl (C=O) groups excluding carboxylic acids is 1. The van der Waals surface area contributed by atoms with Gasteiger partial charge in [0.2, 0.25) is 5.75 Å². The lowest BCUT2D eigenvalue weighted by molar-refractivity contribution is -0.132. The summed E-state index contributed by atoms with van der Waals surface area (Å²) >= 11 is 0. The number of carbonyl (C=O) groups is 1. The van der Waals surface area contributed by atoms with E-state index in [0.717, 1.165) is 68.0 Å². The van der Waals surface area contributed by atoms with Crippen molar-refractivity contribution in [3.05, 3.63) is 28.6 Å². The second kappa shape index (κ2) is 16.2. The average molecular weight is 488 g/mol. The molecule has 0 atom stereocenters. The van der Waals surface area contributed by atoms with Gasteiger partial charge in [-0.05, 0) is 31.4 Å². The number of fused-ring (bicyclic) bond motifs is 1. The third-order valence-electron chi connectivity index (χ3n) is 6.14. The zero-order chi connectivity index (χ0) is 25.5. The van der Waals surface area contributed by atoms with Gasteiger partial charge < -0.3 is 18.8 Å². The van der Waals surface area contributed by atoms with Crippen LogP contribution in [-0.2, 0) is 11.3 Å². The minimum atomic E-state index is -0.529. The number of benzene rings is 1. The molecule has 0 saturated heterocycles. The summed E-state index contributed by atoms with van der Waals surface area (Å²) in [6, 6.07) is 5.76. The van der Waals surface area contributed by atoms with E-state index in [-0.39, 0.29) is 11.3 Å². The molecule has 0 aliphatic rings. The molecule has 0 fully saturated rings. The maximum Gasteiger partial charge on any atom is 0.308 e. The number of rotatable bonds is 18. The predicted octanol–water partition coefficient (Wildman–Crippen LogP) is 7.43. The normalized spacial score (nSPS) is 11.1. The molecule has 0 N–H and O–H groups in total. The summed E-state index contributed by atoms with van der Waals surface area (Å²) in [5.41, 5.74) is 0.429. The number of hydrogen-bond donors (Lipinski definition) is 0. The van der Waals surface area contributed by atoms with Crippen LogP contribution in [0.25, 0.3) is 10.9 Å². The third kappa shape index (κ3) is 9.23. The van der Waals surface area contributed by atoms with Crippen LogP contribution in [0.5, 0.6) is 17.2 Å². The SMILES string of the molecule is CCCCCCCCOc1ccc2c(OCCCC)c(OC(C)=O)c(=O)n(CCCCCC)c2c1. The number of esters is 1. The fourth-order valence-corrected chi connectivity index (χ4v) is 4.15. The first-order valence-electron chi connectivity index (χ1n) is 13.7. The molecule has 0 amide bonds. The first-order chi connectivity index (χ1) is 17.0. The van der Waals surface area contributed by atoms with Gasteiger partial charge in [-0.15, -0.1) is 0 Å². The van der Waals surface area contributed by atoms with Crippen molar-refractivity contribution in [2.24, 2.45) is 0 Å². The largest absolute Gasteiger partial charge is 0.494 e. The van der Waals surface area contributed by atoms with Crippen molar-refractivity contribution in [3.63, 3.8) is 0 Å². The van der Waals surface area contributed by atoms with Gasteiger partial charge in [0.15, 0.2) is 5.75 Å². The molecule has 1 heterocycles. The number of pyridine rings is 1. The molecule has 196 valence electrons. The van der Waals surface area contributed by atoms with Gasteiger partial charge in [-0.25, -0.2) is 0 Å². The van der Waals surface area contributed by atoms with Crippen LogP contribution in [0.1, 0.15) is 105 Å². The van der Waals surface area contributed by atoms with Crippen molar-refractivity contribution in [1.82, 2.24) is 4.57 Å². The zero-order valence-electron chi connectivity index (χ0n) is 22.3. The summed E-state index contributed by atoms with van der Waals surface area (Å²) in [4.78, 5) is 25.3. The van der Waals surface area contributed by atoms with Gasteiger partial charge in [0.25, 0.3) is 5.56 Å². The van der Waals surface area contributed by atoms with Gasteiger partial charge in [0.05, 0.1) is 18.7 Å². The molecule has 0 radical (unpaired) electrons. The molecule has 0 saturated carbocycles. The molecule has 0 bridgehead atoms. The highest BCUT2D eigenvalue weighted by Gasteiger charge is 2.21. The van der Waals surface area contributed by atoms with Gasteiger partial charge >= 0.3 is 5.97 Å². The summed E-state index contributed by atoms with van der Waals surface area (Å²) < 4.78 is 19.2. The van der Waals surface area contributed by atoms with E-state index in [9.17, 15) is 9.59 Å². The molecule has 2 aromatic rings. The summed E-state index contributed by atoms with van der Waals surface area (Å²) in [6.45, 7) is 9.44. The lowest BCUT2D eigenvalue weighted by Gasteiger charge is -2.18. The molecular formula is C29H45NO5. The van der Waals surface area contributed by atoms with Crippen LogP contribution in [0.4, 0.5) is 0 Å². The number of hydrogen-bond acceptors (Lipinski definition) is 5. The molecule has 0 unspecified atom stereocenters. The highest BCUT2D eigenvalue weighted by atomic mass is 16.6. The third-order valence-corrected chi connectivity index (χ3v) is 6.14. The topological polar surface area (TPSA) is 66.8 Å². The molecule has 0 spiro atoms. The molecule has 6 heteroatoms. The zero-order valence-corrected chi connectivity index (χ0v) is 22.3. The van der Waals surface area contributed by atoms with E-state index in [2.05, 4.69) is 20.8 Å². The Hall–Kier alpha value is -2.50. The Morgan fingerprint density at radius 1 is 0.771 bits per heavy atom. The first-order valence-corrected chi connectivity index (χ1v) is 13.7. The van der Waals surface area contributed by atoms with Crippen LogP contribution in [0.3, 0.4) is 0 Å². The van der Waals surface area contributed by atoms with Crippen molar-refractivity contribution >= 4 is 16.9 Å². The van der Waals surface area contributed by atoms with E-state index >= 15 is 0 Å².